The fourth-order valence-corrected chi connectivity index (χ4v) is 2.21. The lowest BCUT2D eigenvalue weighted by molar-refractivity contribution is 0.0681. The maximum atomic E-state index is 10.3. The van der Waals surface area contributed by atoms with Crippen molar-refractivity contribution in [2.24, 2.45) is 5.73 Å². The number of benzene rings is 1. The van der Waals surface area contributed by atoms with Crippen molar-refractivity contribution in [2.45, 2.75) is 64.7 Å². The molecule has 0 spiro atoms. The molecule has 0 fully saturated rings. The van der Waals surface area contributed by atoms with E-state index in [0.717, 1.165) is 6.54 Å². The van der Waals surface area contributed by atoms with Gasteiger partial charge in [0.25, 0.3) is 0 Å². The Hall–Kier alpha value is -1.88. The average Bonchev–Trinajstić information content (AvgIpc) is 2.58. The highest BCUT2D eigenvalue weighted by atomic mass is 16.4. The van der Waals surface area contributed by atoms with Gasteiger partial charge < -0.3 is 15.9 Å². The Morgan fingerprint density at radius 1 is 0.750 bits per heavy atom. The molecule has 0 unspecified atom stereocenters. The van der Waals surface area contributed by atoms with Crippen LogP contribution in [0, 0.1) is 0 Å². The van der Waals surface area contributed by atoms with Crippen molar-refractivity contribution in [2.75, 3.05) is 6.54 Å². The van der Waals surface area contributed by atoms with E-state index in [2.05, 4.69) is 6.92 Å². The van der Waals surface area contributed by atoms with Crippen molar-refractivity contribution >= 4 is 11.9 Å². The van der Waals surface area contributed by atoms with Crippen molar-refractivity contribution in [3.05, 3.63) is 35.4 Å². The smallest absolute Gasteiger partial charge is 0.335 e. The maximum absolute atomic E-state index is 10.3. The summed E-state index contributed by atoms with van der Waals surface area (Å²) in [5.74, 6) is -2.13. The third-order valence-electron chi connectivity index (χ3n) is 3.69. The Morgan fingerprint density at radius 2 is 1.08 bits per heavy atom. The van der Waals surface area contributed by atoms with Crippen LogP contribution in [0.3, 0.4) is 0 Å². The molecule has 0 aromatic heterocycles. The SMILES string of the molecule is CCCCCCCCCCCN.O=C(O)c1ccc(C(=O)O)cc1. The topological polar surface area (TPSA) is 101 Å². The van der Waals surface area contributed by atoms with E-state index in [1.54, 1.807) is 0 Å². The van der Waals surface area contributed by atoms with Crippen molar-refractivity contribution in [1.82, 2.24) is 0 Å². The van der Waals surface area contributed by atoms with Crippen molar-refractivity contribution < 1.29 is 19.8 Å². The molecule has 0 radical (unpaired) electrons. The zero-order valence-electron chi connectivity index (χ0n) is 14.7. The number of hydrogen-bond acceptors (Lipinski definition) is 3. The van der Waals surface area contributed by atoms with Gasteiger partial charge in [-0.15, -0.1) is 0 Å². The zero-order chi connectivity index (χ0) is 18.2. The van der Waals surface area contributed by atoms with Crippen LogP contribution in [0.15, 0.2) is 24.3 Å². The lowest BCUT2D eigenvalue weighted by Gasteiger charge is -1.99. The summed E-state index contributed by atoms with van der Waals surface area (Å²) in [5.41, 5.74) is 5.58. The first kappa shape index (κ1) is 22.1. The Balaban J connectivity index is 0.000000441. The summed E-state index contributed by atoms with van der Waals surface area (Å²) in [6, 6.07) is 5.02. The van der Waals surface area contributed by atoms with E-state index in [-0.39, 0.29) is 11.1 Å². The number of carboxylic acid groups (broad SMARTS) is 2. The Labute approximate surface area is 144 Å². The molecule has 5 heteroatoms. The number of carboxylic acids is 2. The van der Waals surface area contributed by atoms with E-state index in [1.165, 1.54) is 82.1 Å². The zero-order valence-corrected chi connectivity index (χ0v) is 14.7. The largest absolute Gasteiger partial charge is 0.478 e. The van der Waals surface area contributed by atoms with Crippen LogP contribution in [-0.4, -0.2) is 28.7 Å². The minimum absolute atomic E-state index is 0.0833. The molecule has 0 heterocycles. The van der Waals surface area contributed by atoms with Gasteiger partial charge >= 0.3 is 11.9 Å². The average molecular weight is 337 g/mol. The molecule has 1 aromatic rings. The molecule has 0 saturated carbocycles. The molecule has 5 nitrogen and oxygen atoms in total. The van der Waals surface area contributed by atoms with Crippen molar-refractivity contribution in [3.8, 4) is 0 Å². The molecule has 1 aromatic carbocycles. The van der Waals surface area contributed by atoms with Crippen LogP contribution in [0.5, 0.6) is 0 Å². The lowest BCUT2D eigenvalue weighted by Crippen LogP contribution is -1.99. The molecular formula is C19H31NO4. The molecule has 0 atom stereocenters. The third kappa shape index (κ3) is 11.7. The molecule has 4 N–H and O–H groups in total. The predicted molar refractivity (Wildman–Crippen MR) is 96.6 cm³/mol. The van der Waals surface area contributed by atoms with Crippen LogP contribution in [-0.2, 0) is 0 Å². The second-order valence-electron chi connectivity index (χ2n) is 5.80. The molecule has 24 heavy (non-hydrogen) atoms. The fraction of sp³-hybridized carbons (Fsp3) is 0.579. The molecule has 0 amide bonds. The summed E-state index contributed by atoms with van der Waals surface area (Å²) in [4.78, 5) is 20.7. The standard InChI is InChI=1S/C11H25N.C8H6O4/c1-2-3-4-5-6-7-8-9-10-11-12;9-7(10)5-1-2-6(4-3-5)8(11)12/h2-12H2,1H3;1-4H,(H,9,10)(H,11,12). The maximum Gasteiger partial charge on any atom is 0.335 e. The van der Waals surface area contributed by atoms with Gasteiger partial charge in [-0.25, -0.2) is 9.59 Å². The summed E-state index contributed by atoms with van der Waals surface area (Å²) in [7, 11) is 0. The van der Waals surface area contributed by atoms with Crippen molar-refractivity contribution in [3.63, 3.8) is 0 Å². The molecule has 136 valence electrons. The van der Waals surface area contributed by atoms with E-state index < -0.39 is 11.9 Å². The van der Waals surface area contributed by atoms with E-state index in [9.17, 15) is 9.59 Å². The molecule has 0 aliphatic rings. The number of carbonyl (C=O) groups is 2. The van der Waals surface area contributed by atoms with Gasteiger partial charge in [-0.1, -0.05) is 58.3 Å². The van der Waals surface area contributed by atoms with Gasteiger partial charge in [-0.2, -0.15) is 0 Å². The quantitative estimate of drug-likeness (QED) is 0.514. The number of aromatic carboxylic acids is 2. The summed E-state index contributed by atoms with van der Waals surface area (Å²) < 4.78 is 0. The second kappa shape index (κ2) is 14.7. The van der Waals surface area contributed by atoms with Crippen molar-refractivity contribution in [1.29, 1.82) is 0 Å². The first-order valence-corrected chi connectivity index (χ1v) is 8.79. The van der Waals surface area contributed by atoms with Crippen LogP contribution >= 0.6 is 0 Å². The number of unbranched alkanes of at least 4 members (excludes halogenated alkanes) is 8. The Bertz CT molecular complexity index is 414. The van der Waals surface area contributed by atoms with Gasteiger partial charge in [0.2, 0.25) is 0 Å². The lowest BCUT2D eigenvalue weighted by atomic mass is 10.1. The third-order valence-corrected chi connectivity index (χ3v) is 3.69. The first-order chi connectivity index (χ1) is 11.5. The molecule has 0 bridgehead atoms. The van der Waals surface area contributed by atoms with Crippen LogP contribution < -0.4 is 5.73 Å². The van der Waals surface area contributed by atoms with Gasteiger partial charge in [-0.05, 0) is 37.2 Å². The van der Waals surface area contributed by atoms with Gasteiger partial charge in [0.15, 0.2) is 0 Å². The summed E-state index contributed by atoms with van der Waals surface area (Å²) >= 11 is 0. The molecular weight excluding hydrogens is 306 g/mol. The highest BCUT2D eigenvalue weighted by Gasteiger charge is 2.04. The Morgan fingerprint density at radius 3 is 1.38 bits per heavy atom. The first-order valence-electron chi connectivity index (χ1n) is 8.79. The molecule has 0 saturated heterocycles. The van der Waals surface area contributed by atoms with E-state index >= 15 is 0 Å². The molecule has 0 aliphatic heterocycles. The summed E-state index contributed by atoms with van der Waals surface area (Å²) in [6.07, 6.45) is 12.5. The van der Waals surface area contributed by atoms with Crippen LogP contribution in [0.1, 0.15) is 85.4 Å². The minimum atomic E-state index is -1.06. The predicted octanol–water partition coefficient (Wildman–Crippen LogP) is 4.56. The fourth-order valence-electron chi connectivity index (χ4n) is 2.21. The van der Waals surface area contributed by atoms with Crippen LogP contribution in [0.2, 0.25) is 0 Å². The Kier molecular flexibility index (Phi) is 13.5. The van der Waals surface area contributed by atoms with Gasteiger partial charge in [0.05, 0.1) is 11.1 Å². The number of rotatable bonds is 11. The van der Waals surface area contributed by atoms with Crippen LogP contribution in [0.25, 0.3) is 0 Å². The number of nitrogens with two attached hydrogens (primary N) is 1. The molecule has 1 rings (SSSR count). The molecule has 0 aliphatic carbocycles. The minimum Gasteiger partial charge on any atom is -0.478 e. The van der Waals surface area contributed by atoms with E-state index in [4.69, 9.17) is 15.9 Å². The van der Waals surface area contributed by atoms with Gasteiger partial charge in [-0.3, -0.25) is 0 Å². The highest BCUT2D eigenvalue weighted by molar-refractivity contribution is 5.91. The monoisotopic (exact) mass is 337 g/mol. The van der Waals surface area contributed by atoms with Crippen LogP contribution in [0.4, 0.5) is 0 Å². The highest BCUT2D eigenvalue weighted by Crippen LogP contribution is 2.08. The summed E-state index contributed by atoms with van der Waals surface area (Å²) in [5, 5.41) is 16.9. The summed E-state index contributed by atoms with van der Waals surface area (Å²) in [6.45, 7) is 3.14. The van der Waals surface area contributed by atoms with E-state index in [1.807, 2.05) is 0 Å². The van der Waals surface area contributed by atoms with Gasteiger partial charge in [0.1, 0.15) is 0 Å². The normalized spacial score (nSPS) is 9.92. The van der Waals surface area contributed by atoms with Gasteiger partial charge in [0, 0.05) is 0 Å². The van der Waals surface area contributed by atoms with E-state index in [0.29, 0.717) is 0 Å². The number of hydrogen-bond donors (Lipinski definition) is 3. The second-order valence-corrected chi connectivity index (χ2v) is 5.80.